The lowest BCUT2D eigenvalue weighted by molar-refractivity contribution is -0.149. The Kier molecular flexibility index (Phi) is 2.67. The molecule has 4 atom stereocenters. The first-order valence-corrected chi connectivity index (χ1v) is 8.18. The monoisotopic (exact) mass is 277 g/mol. The SMILES string of the molecule is O=C(NC1(C(=O)O)CCCCC1)C1C2C3CCC(C3)C12. The first-order valence-electron chi connectivity index (χ1n) is 8.18. The number of amides is 1. The minimum Gasteiger partial charge on any atom is -0.480 e. The molecule has 4 rings (SSSR count). The van der Waals surface area contributed by atoms with Gasteiger partial charge in [0.05, 0.1) is 0 Å². The molecule has 0 aromatic rings. The lowest BCUT2D eigenvalue weighted by Crippen LogP contribution is -2.56. The Hall–Kier alpha value is -1.06. The number of fused-ring (bicyclic) bond motifs is 5. The van der Waals surface area contributed by atoms with Crippen molar-refractivity contribution in [2.24, 2.45) is 29.6 Å². The summed E-state index contributed by atoms with van der Waals surface area (Å²) in [7, 11) is 0. The van der Waals surface area contributed by atoms with Crippen LogP contribution in [0.4, 0.5) is 0 Å². The fourth-order valence-electron chi connectivity index (χ4n) is 5.54. The molecule has 4 nitrogen and oxygen atoms in total. The number of carbonyl (C=O) groups is 2. The first-order chi connectivity index (χ1) is 9.62. The molecular weight excluding hydrogens is 254 g/mol. The Bertz CT molecular complexity index is 439. The number of carbonyl (C=O) groups excluding carboxylic acids is 1. The Morgan fingerprint density at radius 1 is 1.00 bits per heavy atom. The maximum Gasteiger partial charge on any atom is 0.329 e. The van der Waals surface area contributed by atoms with Crippen LogP contribution in [0.2, 0.25) is 0 Å². The highest BCUT2D eigenvalue weighted by Crippen LogP contribution is 2.69. The molecule has 20 heavy (non-hydrogen) atoms. The number of carboxylic acids is 1. The largest absolute Gasteiger partial charge is 0.480 e. The van der Waals surface area contributed by atoms with E-state index >= 15 is 0 Å². The van der Waals surface area contributed by atoms with E-state index in [1.54, 1.807) is 0 Å². The zero-order valence-electron chi connectivity index (χ0n) is 11.8. The summed E-state index contributed by atoms with van der Waals surface area (Å²) in [6.45, 7) is 0. The van der Waals surface area contributed by atoms with Crippen molar-refractivity contribution < 1.29 is 14.7 Å². The highest BCUT2D eigenvalue weighted by atomic mass is 16.4. The van der Waals surface area contributed by atoms with Gasteiger partial charge in [0.2, 0.25) is 5.91 Å². The van der Waals surface area contributed by atoms with Gasteiger partial charge in [-0.3, -0.25) is 4.79 Å². The minimum atomic E-state index is -0.967. The highest BCUT2D eigenvalue weighted by Gasteiger charge is 2.68. The highest BCUT2D eigenvalue weighted by molar-refractivity contribution is 5.90. The predicted molar refractivity (Wildman–Crippen MR) is 72.9 cm³/mol. The van der Waals surface area contributed by atoms with Crippen LogP contribution in [0.1, 0.15) is 51.4 Å². The number of aliphatic carboxylic acids is 1. The Morgan fingerprint density at radius 2 is 1.60 bits per heavy atom. The van der Waals surface area contributed by atoms with Crippen LogP contribution in [-0.4, -0.2) is 22.5 Å². The summed E-state index contributed by atoms with van der Waals surface area (Å²) in [4.78, 5) is 24.2. The van der Waals surface area contributed by atoms with Crippen LogP contribution in [0.3, 0.4) is 0 Å². The Morgan fingerprint density at radius 3 is 2.15 bits per heavy atom. The van der Waals surface area contributed by atoms with E-state index in [0.717, 1.165) is 31.1 Å². The summed E-state index contributed by atoms with van der Waals surface area (Å²) in [6.07, 6.45) is 8.02. The van der Waals surface area contributed by atoms with E-state index in [0.29, 0.717) is 24.7 Å². The second-order valence-corrected chi connectivity index (χ2v) is 7.45. The Labute approximate surface area is 119 Å². The summed E-state index contributed by atoms with van der Waals surface area (Å²) < 4.78 is 0. The van der Waals surface area contributed by atoms with E-state index in [1.165, 1.54) is 19.3 Å². The topological polar surface area (TPSA) is 66.4 Å². The van der Waals surface area contributed by atoms with Crippen LogP contribution in [0.25, 0.3) is 0 Å². The van der Waals surface area contributed by atoms with Gasteiger partial charge in [-0.2, -0.15) is 0 Å². The molecule has 1 amide bonds. The average Bonchev–Trinajstić information content (AvgIpc) is 2.89. The number of hydrogen-bond acceptors (Lipinski definition) is 2. The van der Waals surface area contributed by atoms with Gasteiger partial charge in [0, 0.05) is 5.92 Å². The van der Waals surface area contributed by atoms with Gasteiger partial charge >= 0.3 is 5.97 Å². The predicted octanol–water partition coefficient (Wildman–Crippen LogP) is 2.18. The van der Waals surface area contributed by atoms with Gasteiger partial charge in [-0.25, -0.2) is 4.79 Å². The lowest BCUT2D eigenvalue weighted by Gasteiger charge is -2.34. The number of hydrogen-bond donors (Lipinski definition) is 2. The van der Waals surface area contributed by atoms with Gasteiger partial charge in [0.25, 0.3) is 0 Å². The van der Waals surface area contributed by atoms with Crippen molar-refractivity contribution in [1.82, 2.24) is 5.32 Å². The molecule has 0 aliphatic heterocycles. The zero-order chi connectivity index (χ0) is 13.9. The molecule has 4 saturated carbocycles. The summed E-state index contributed by atoms with van der Waals surface area (Å²) in [5.74, 6) is 2.03. The third kappa shape index (κ3) is 1.66. The van der Waals surface area contributed by atoms with Crippen molar-refractivity contribution in [3.05, 3.63) is 0 Å². The van der Waals surface area contributed by atoms with Crippen molar-refractivity contribution in [3.63, 3.8) is 0 Å². The molecule has 0 saturated heterocycles. The van der Waals surface area contributed by atoms with Crippen LogP contribution in [0.5, 0.6) is 0 Å². The second kappa shape index (κ2) is 4.22. The fraction of sp³-hybridized carbons (Fsp3) is 0.875. The molecule has 0 radical (unpaired) electrons. The zero-order valence-corrected chi connectivity index (χ0v) is 11.8. The molecule has 0 aromatic carbocycles. The molecule has 4 heteroatoms. The van der Waals surface area contributed by atoms with Gasteiger partial charge in [-0.05, 0) is 55.8 Å². The minimum absolute atomic E-state index is 0.0425. The molecule has 4 aliphatic carbocycles. The molecule has 110 valence electrons. The van der Waals surface area contributed by atoms with Crippen LogP contribution < -0.4 is 5.32 Å². The van der Waals surface area contributed by atoms with Gasteiger partial charge in [0.15, 0.2) is 0 Å². The van der Waals surface area contributed by atoms with Gasteiger partial charge in [-0.15, -0.1) is 0 Å². The van der Waals surface area contributed by atoms with Crippen molar-refractivity contribution >= 4 is 11.9 Å². The maximum atomic E-state index is 12.5. The molecule has 0 heterocycles. The summed E-state index contributed by atoms with van der Waals surface area (Å²) in [6, 6.07) is 0. The van der Waals surface area contributed by atoms with E-state index in [2.05, 4.69) is 5.32 Å². The van der Waals surface area contributed by atoms with Gasteiger partial charge in [-0.1, -0.05) is 19.3 Å². The maximum absolute atomic E-state index is 12.5. The van der Waals surface area contributed by atoms with Crippen LogP contribution in [0.15, 0.2) is 0 Å². The average molecular weight is 277 g/mol. The molecule has 2 N–H and O–H groups in total. The van der Waals surface area contributed by atoms with Crippen molar-refractivity contribution in [3.8, 4) is 0 Å². The van der Waals surface area contributed by atoms with Crippen LogP contribution >= 0.6 is 0 Å². The summed E-state index contributed by atoms with van der Waals surface area (Å²) >= 11 is 0. The number of rotatable bonds is 3. The molecule has 2 bridgehead atoms. The molecule has 4 aliphatic rings. The van der Waals surface area contributed by atoms with E-state index in [4.69, 9.17) is 0 Å². The van der Waals surface area contributed by atoms with E-state index < -0.39 is 11.5 Å². The summed E-state index contributed by atoms with van der Waals surface area (Å²) in [5, 5.41) is 12.5. The number of carboxylic acid groups (broad SMARTS) is 1. The van der Waals surface area contributed by atoms with Crippen molar-refractivity contribution in [2.75, 3.05) is 0 Å². The smallest absolute Gasteiger partial charge is 0.329 e. The molecule has 4 unspecified atom stereocenters. The second-order valence-electron chi connectivity index (χ2n) is 7.45. The third-order valence-electron chi connectivity index (χ3n) is 6.52. The molecule has 4 fully saturated rings. The van der Waals surface area contributed by atoms with E-state index in [9.17, 15) is 14.7 Å². The number of nitrogens with one attached hydrogen (secondary N) is 1. The van der Waals surface area contributed by atoms with Gasteiger partial charge in [0.1, 0.15) is 5.54 Å². The van der Waals surface area contributed by atoms with Crippen LogP contribution in [0, 0.1) is 29.6 Å². The van der Waals surface area contributed by atoms with E-state index in [1.807, 2.05) is 0 Å². The molecule has 0 spiro atoms. The third-order valence-corrected chi connectivity index (χ3v) is 6.52. The van der Waals surface area contributed by atoms with E-state index in [-0.39, 0.29) is 11.8 Å². The van der Waals surface area contributed by atoms with Gasteiger partial charge < -0.3 is 10.4 Å². The molecule has 0 aromatic heterocycles. The standard InChI is InChI=1S/C16H23NO3/c18-14(13-11-9-4-5-10(8-9)12(11)13)17-16(15(19)20)6-2-1-3-7-16/h9-13H,1-8H2,(H,17,18)(H,19,20). The fourth-order valence-corrected chi connectivity index (χ4v) is 5.54. The summed E-state index contributed by atoms with van der Waals surface area (Å²) in [5.41, 5.74) is -0.967. The molecular formula is C16H23NO3. The van der Waals surface area contributed by atoms with Crippen LogP contribution in [-0.2, 0) is 9.59 Å². The quantitative estimate of drug-likeness (QED) is 0.831. The van der Waals surface area contributed by atoms with Crippen molar-refractivity contribution in [2.45, 2.75) is 56.9 Å². The normalized spacial score (nSPS) is 43.9. The lowest BCUT2D eigenvalue weighted by atomic mass is 9.81. The van der Waals surface area contributed by atoms with Crippen molar-refractivity contribution in [1.29, 1.82) is 0 Å². The first kappa shape index (κ1) is 12.7. The Balaban J connectivity index is 1.46.